The molecule has 1 aliphatic rings. The van der Waals surface area contributed by atoms with Crippen molar-refractivity contribution in [3.05, 3.63) is 101 Å². The van der Waals surface area contributed by atoms with Gasteiger partial charge >= 0.3 is 0 Å². The van der Waals surface area contributed by atoms with Crippen LogP contribution < -0.4 is 9.64 Å². The lowest BCUT2D eigenvalue weighted by Crippen LogP contribution is -2.29. The van der Waals surface area contributed by atoms with Crippen LogP contribution in [-0.4, -0.2) is 23.4 Å². The van der Waals surface area contributed by atoms with E-state index in [9.17, 15) is 23.5 Å². The van der Waals surface area contributed by atoms with Crippen LogP contribution in [0.5, 0.6) is 5.75 Å². The second kappa shape index (κ2) is 9.70. The predicted octanol–water partition coefficient (Wildman–Crippen LogP) is 6.11. The SMILES string of the molecule is CCOc1ccc(/C(O)=C2/C(=O)C(=O)N(c3ccc(F)c(F)c3)C2c2ccccc2)cc1C(C)C. The number of ether oxygens (including phenoxy) is 1. The molecule has 1 N–H and O–H groups in total. The minimum Gasteiger partial charge on any atom is -0.507 e. The molecular formula is C28H25F2NO4. The van der Waals surface area contributed by atoms with Gasteiger partial charge in [0.25, 0.3) is 11.7 Å². The first kappa shape index (κ1) is 24.1. The van der Waals surface area contributed by atoms with E-state index in [0.29, 0.717) is 23.5 Å². The highest BCUT2D eigenvalue weighted by molar-refractivity contribution is 6.51. The summed E-state index contributed by atoms with van der Waals surface area (Å²) in [5, 5.41) is 11.3. The highest BCUT2D eigenvalue weighted by atomic mass is 19.2. The first-order valence-electron chi connectivity index (χ1n) is 11.3. The summed E-state index contributed by atoms with van der Waals surface area (Å²) < 4.78 is 33.3. The quantitative estimate of drug-likeness (QED) is 0.264. The number of carbonyl (C=O) groups excluding carboxylic acids is 2. The number of aliphatic hydroxyl groups excluding tert-OH is 1. The van der Waals surface area contributed by atoms with Crippen molar-refractivity contribution >= 4 is 23.1 Å². The Balaban J connectivity index is 1.92. The third-order valence-electron chi connectivity index (χ3n) is 5.95. The van der Waals surface area contributed by atoms with Gasteiger partial charge in [-0.05, 0) is 54.3 Å². The molecule has 0 saturated carbocycles. The molecule has 1 amide bonds. The maximum absolute atomic E-state index is 14.1. The summed E-state index contributed by atoms with van der Waals surface area (Å²) >= 11 is 0. The molecule has 0 aromatic heterocycles. The Kier molecular flexibility index (Phi) is 6.69. The zero-order valence-electron chi connectivity index (χ0n) is 19.6. The maximum Gasteiger partial charge on any atom is 0.300 e. The van der Waals surface area contributed by atoms with Crippen LogP contribution >= 0.6 is 0 Å². The summed E-state index contributed by atoms with van der Waals surface area (Å²) in [5.74, 6) is -3.70. The minimum absolute atomic E-state index is 0.00784. The van der Waals surface area contributed by atoms with Crippen LogP contribution in [0.25, 0.3) is 5.76 Å². The fourth-order valence-electron chi connectivity index (χ4n) is 4.27. The zero-order valence-corrected chi connectivity index (χ0v) is 19.6. The summed E-state index contributed by atoms with van der Waals surface area (Å²) in [6, 6.07) is 15.7. The second-order valence-electron chi connectivity index (χ2n) is 8.52. The van der Waals surface area contributed by atoms with Gasteiger partial charge in [-0.3, -0.25) is 14.5 Å². The Labute approximate surface area is 202 Å². The van der Waals surface area contributed by atoms with Crippen LogP contribution in [0.3, 0.4) is 0 Å². The number of halogens is 2. The normalized spacial score (nSPS) is 17.3. The molecule has 7 heteroatoms. The highest BCUT2D eigenvalue weighted by Crippen LogP contribution is 2.43. The summed E-state index contributed by atoms with van der Waals surface area (Å²) in [4.78, 5) is 27.5. The lowest BCUT2D eigenvalue weighted by atomic mass is 9.93. The van der Waals surface area contributed by atoms with Crippen molar-refractivity contribution in [2.24, 2.45) is 0 Å². The standard InChI is InChI=1S/C28H25F2NO4/c1-4-35-23-13-10-18(14-20(23)16(2)3)26(32)24-25(17-8-6-5-7-9-17)31(28(34)27(24)33)19-11-12-21(29)22(30)15-19/h5-16,25,32H,4H2,1-3H3/b26-24-. The molecule has 0 bridgehead atoms. The number of hydrogen-bond acceptors (Lipinski definition) is 4. The number of nitrogens with zero attached hydrogens (tertiary/aromatic N) is 1. The van der Waals surface area contributed by atoms with Crippen molar-refractivity contribution in [2.75, 3.05) is 11.5 Å². The molecule has 1 heterocycles. The van der Waals surface area contributed by atoms with Crippen LogP contribution in [0.15, 0.2) is 72.3 Å². The molecule has 1 aliphatic heterocycles. The molecule has 1 atom stereocenters. The molecule has 5 nitrogen and oxygen atoms in total. The van der Waals surface area contributed by atoms with Crippen LogP contribution in [0, 0.1) is 11.6 Å². The number of amides is 1. The highest BCUT2D eigenvalue weighted by Gasteiger charge is 2.47. The average Bonchev–Trinajstić information content (AvgIpc) is 3.11. The Morgan fingerprint density at radius 1 is 1.00 bits per heavy atom. The van der Waals surface area contributed by atoms with Gasteiger partial charge in [-0.1, -0.05) is 44.2 Å². The van der Waals surface area contributed by atoms with E-state index in [-0.39, 0.29) is 22.9 Å². The van der Waals surface area contributed by atoms with E-state index in [1.54, 1.807) is 48.5 Å². The molecule has 1 unspecified atom stereocenters. The van der Waals surface area contributed by atoms with E-state index in [4.69, 9.17) is 4.74 Å². The number of benzene rings is 3. The first-order chi connectivity index (χ1) is 16.7. The van der Waals surface area contributed by atoms with Crippen molar-refractivity contribution in [3.8, 4) is 5.75 Å². The van der Waals surface area contributed by atoms with E-state index in [1.165, 1.54) is 6.07 Å². The predicted molar refractivity (Wildman–Crippen MR) is 129 cm³/mol. The van der Waals surface area contributed by atoms with Gasteiger partial charge in [0.05, 0.1) is 18.2 Å². The van der Waals surface area contributed by atoms with Crippen LogP contribution in [0.4, 0.5) is 14.5 Å². The zero-order chi connectivity index (χ0) is 25.3. The molecule has 1 fully saturated rings. The van der Waals surface area contributed by atoms with Crippen LogP contribution in [0.2, 0.25) is 0 Å². The number of aliphatic hydroxyl groups is 1. The van der Waals surface area contributed by atoms with E-state index < -0.39 is 29.4 Å². The van der Waals surface area contributed by atoms with Crippen molar-refractivity contribution in [1.29, 1.82) is 0 Å². The van der Waals surface area contributed by atoms with Gasteiger partial charge in [0, 0.05) is 17.3 Å². The third-order valence-corrected chi connectivity index (χ3v) is 5.95. The molecule has 0 radical (unpaired) electrons. The van der Waals surface area contributed by atoms with Gasteiger partial charge in [-0.25, -0.2) is 8.78 Å². The Hall–Kier alpha value is -4.00. The molecular weight excluding hydrogens is 452 g/mol. The van der Waals surface area contributed by atoms with Crippen LogP contribution in [-0.2, 0) is 9.59 Å². The molecule has 3 aromatic carbocycles. The number of Topliss-reactive ketones (excluding diaryl/α,β-unsaturated/α-hetero) is 1. The van der Waals surface area contributed by atoms with E-state index >= 15 is 0 Å². The lowest BCUT2D eigenvalue weighted by molar-refractivity contribution is -0.132. The Bertz CT molecular complexity index is 1320. The molecule has 3 aromatic rings. The topological polar surface area (TPSA) is 66.8 Å². The summed E-state index contributed by atoms with van der Waals surface area (Å²) in [5.41, 5.74) is 1.59. The van der Waals surface area contributed by atoms with Crippen molar-refractivity contribution in [2.45, 2.75) is 32.7 Å². The average molecular weight is 478 g/mol. The third kappa shape index (κ3) is 4.41. The minimum atomic E-state index is -1.15. The fourth-order valence-corrected chi connectivity index (χ4v) is 4.27. The molecule has 0 spiro atoms. The monoisotopic (exact) mass is 477 g/mol. The van der Waals surface area contributed by atoms with Gasteiger partial charge < -0.3 is 9.84 Å². The number of rotatable bonds is 6. The summed E-state index contributed by atoms with van der Waals surface area (Å²) in [6.07, 6.45) is 0. The van der Waals surface area contributed by atoms with Gasteiger partial charge in [0.15, 0.2) is 11.6 Å². The number of hydrogen-bond donors (Lipinski definition) is 1. The van der Waals surface area contributed by atoms with E-state index in [1.807, 2.05) is 20.8 Å². The second-order valence-corrected chi connectivity index (χ2v) is 8.52. The maximum atomic E-state index is 14.1. The van der Waals surface area contributed by atoms with E-state index in [0.717, 1.165) is 22.6 Å². The van der Waals surface area contributed by atoms with Crippen molar-refractivity contribution < 1.29 is 28.2 Å². The molecule has 0 aliphatic carbocycles. The van der Waals surface area contributed by atoms with Gasteiger partial charge in [-0.2, -0.15) is 0 Å². The number of anilines is 1. The first-order valence-corrected chi connectivity index (χ1v) is 11.3. The summed E-state index contributed by atoms with van der Waals surface area (Å²) in [6.45, 7) is 6.30. The smallest absolute Gasteiger partial charge is 0.300 e. The Morgan fingerprint density at radius 3 is 2.34 bits per heavy atom. The molecule has 1 saturated heterocycles. The number of ketones is 1. The molecule has 180 valence electrons. The van der Waals surface area contributed by atoms with Gasteiger partial charge in [0.1, 0.15) is 11.5 Å². The van der Waals surface area contributed by atoms with Gasteiger partial charge in [-0.15, -0.1) is 0 Å². The van der Waals surface area contributed by atoms with E-state index in [2.05, 4.69) is 0 Å². The molecule has 35 heavy (non-hydrogen) atoms. The summed E-state index contributed by atoms with van der Waals surface area (Å²) in [7, 11) is 0. The lowest BCUT2D eigenvalue weighted by Gasteiger charge is -2.25. The van der Waals surface area contributed by atoms with Crippen LogP contribution in [0.1, 0.15) is 49.4 Å². The Morgan fingerprint density at radius 2 is 1.71 bits per heavy atom. The number of carbonyl (C=O) groups is 2. The van der Waals surface area contributed by atoms with Crippen molar-refractivity contribution in [1.82, 2.24) is 0 Å². The molecule has 4 rings (SSSR count). The largest absolute Gasteiger partial charge is 0.507 e. The fraction of sp³-hybridized carbons (Fsp3) is 0.214. The van der Waals surface area contributed by atoms with Gasteiger partial charge in [0.2, 0.25) is 0 Å². The van der Waals surface area contributed by atoms with Crippen molar-refractivity contribution in [3.63, 3.8) is 0 Å².